The molecule has 2 rings (SSSR count). The summed E-state index contributed by atoms with van der Waals surface area (Å²) in [5, 5.41) is 3.67. The van der Waals surface area contributed by atoms with Crippen LogP contribution < -0.4 is 5.32 Å². The van der Waals surface area contributed by atoms with E-state index < -0.39 is 0 Å². The molecule has 0 aromatic heterocycles. The molecule has 1 aliphatic rings. The second-order valence-electron chi connectivity index (χ2n) is 6.29. The number of hydrogen-bond donors (Lipinski definition) is 1. The van der Waals surface area contributed by atoms with E-state index in [1.165, 1.54) is 18.5 Å². The van der Waals surface area contributed by atoms with Crippen molar-refractivity contribution in [1.29, 1.82) is 0 Å². The highest BCUT2D eigenvalue weighted by Gasteiger charge is 2.22. The SMILES string of the molecule is COC(C)(C)CCN1CCCNC(c2ccccc2)C1. The van der Waals surface area contributed by atoms with Crippen molar-refractivity contribution in [2.75, 3.05) is 33.3 Å². The topological polar surface area (TPSA) is 24.5 Å². The van der Waals surface area contributed by atoms with Crippen molar-refractivity contribution >= 4 is 0 Å². The van der Waals surface area contributed by atoms with Crippen molar-refractivity contribution in [3.8, 4) is 0 Å². The number of benzene rings is 1. The van der Waals surface area contributed by atoms with Gasteiger partial charge in [-0.05, 0) is 45.3 Å². The molecule has 0 radical (unpaired) electrons. The van der Waals surface area contributed by atoms with Crippen LogP contribution in [0.25, 0.3) is 0 Å². The zero-order chi connectivity index (χ0) is 14.4. The smallest absolute Gasteiger partial charge is 0.0634 e. The Kier molecular flexibility index (Phi) is 5.58. The Morgan fingerprint density at radius 3 is 2.75 bits per heavy atom. The third-order valence-corrected chi connectivity index (χ3v) is 4.27. The van der Waals surface area contributed by atoms with E-state index in [0.29, 0.717) is 6.04 Å². The van der Waals surface area contributed by atoms with Crippen LogP contribution >= 0.6 is 0 Å². The quantitative estimate of drug-likeness (QED) is 0.895. The minimum Gasteiger partial charge on any atom is -0.379 e. The fourth-order valence-electron chi connectivity index (χ4n) is 2.63. The summed E-state index contributed by atoms with van der Waals surface area (Å²) in [5.41, 5.74) is 1.37. The van der Waals surface area contributed by atoms with E-state index in [-0.39, 0.29) is 5.60 Å². The van der Waals surface area contributed by atoms with Crippen LogP contribution in [-0.2, 0) is 4.74 Å². The second-order valence-corrected chi connectivity index (χ2v) is 6.29. The maximum atomic E-state index is 5.53. The highest BCUT2D eigenvalue weighted by Crippen LogP contribution is 2.19. The lowest BCUT2D eigenvalue weighted by Crippen LogP contribution is -2.35. The fraction of sp³-hybridized carbons (Fsp3) is 0.647. The minimum absolute atomic E-state index is 0.0258. The van der Waals surface area contributed by atoms with Gasteiger partial charge in [0.15, 0.2) is 0 Å². The Morgan fingerprint density at radius 1 is 1.30 bits per heavy atom. The van der Waals surface area contributed by atoms with Gasteiger partial charge >= 0.3 is 0 Å². The number of hydrogen-bond acceptors (Lipinski definition) is 3. The minimum atomic E-state index is -0.0258. The summed E-state index contributed by atoms with van der Waals surface area (Å²) in [6, 6.07) is 11.2. The predicted octanol–water partition coefficient (Wildman–Crippen LogP) is 2.84. The van der Waals surface area contributed by atoms with Gasteiger partial charge in [-0.2, -0.15) is 0 Å². The molecular weight excluding hydrogens is 248 g/mol. The lowest BCUT2D eigenvalue weighted by molar-refractivity contribution is 0.00732. The van der Waals surface area contributed by atoms with Gasteiger partial charge in [-0.1, -0.05) is 30.3 Å². The van der Waals surface area contributed by atoms with E-state index in [4.69, 9.17) is 4.74 Å². The van der Waals surface area contributed by atoms with E-state index in [2.05, 4.69) is 54.4 Å². The summed E-state index contributed by atoms with van der Waals surface area (Å²) in [6.45, 7) is 8.80. The first kappa shape index (κ1) is 15.5. The molecule has 1 heterocycles. The number of nitrogens with zero attached hydrogens (tertiary/aromatic N) is 1. The van der Waals surface area contributed by atoms with Crippen molar-refractivity contribution in [2.24, 2.45) is 0 Å². The van der Waals surface area contributed by atoms with Gasteiger partial charge < -0.3 is 15.0 Å². The molecule has 3 heteroatoms. The number of ether oxygens (including phenoxy) is 1. The monoisotopic (exact) mass is 276 g/mol. The first-order chi connectivity index (χ1) is 9.61. The molecular formula is C17H28N2O. The first-order valence-corrected chi connectivity index (χ1v) is 7.66. The molecule has 0 amide bonds. The number of methoxy groups -OCH3 is 1. The van der Waals surface area contributed by atoms with Gasteiger partial charge in [-0.15, -0.1) is 0 Å². The molecule has 1 unspecified atom stereocenters. The fourth-order valence-corrected chi connectivity index (χ4v) is 2.63. The Hall–Kier alpha value is -0.900. The molecule has 1 atom stereocenters. The molecule has 1 N–H and O–H groups in total. The molecule has 1 aromatic carbocycles. The van der Waals surface area contributed by atoms with Crippen LogP contribution in [0.1, 0.15) is 38.3 Å². The summed E-state index contributed by atoms with van der Waals surface area (Å²) in [7, 11) is 1.80. The Morgan fingerprint density at radius 2 is 2.05 bits per heavy atom. The van der Waals surface area contributed by atoms with Crippen molar-refractivity contribution in [3.05, 3.63) is 35.9 Å². The van der Waals surface area contributed by atoms with Gasteiger partial charge in [-0.25, -0.2) is 0 Å². The summed E-state index contributed by atoms with van der Waals surface area (Å²) >= 11 is 0. The molecule has 20 heavy (non-hydrogen) atoms. The van der Waals surface area contributed by atoms with Crippen LogP contribution in [0.3, 0.4) is 0 Å². The van der Waals surface area contributed by atoms with Crippen molar-refractivity contribution < 1.29 is 4.74 Å². The lowest BCUT2D eigenvalue weighted by atomic mass is 10.0. The van der Waals surface area contributed by atoms with Crippen LogP contribution in [-0.4, -0.2) is 43.8 Å². The highest BCUT2D eigenvalue weighted by atomic mass is 16.5. The zero-order valence-electron chi connectivity index (χ0n) is 13.1. The molecule has 3 nitrogen and oxygen atoms in total. The predicted molar refractivity (Wildman–Crippen MR) is 83.9 cm³/mol. The molecule has 0 saturated carbocycles. The first-order valence-electron chi connectivity index (χ1n) is 7.66. The van der Waals surface area contributed by atoms with E-state index >= 15 is 0 Å². The van der Waals surface area contributed by atoms with Gasteiger partial charge in [0.25, 0.3) is 0 Å². The lowest BCUT2D eigenvalue weighted by Gasteiger charge is -2.29. The van der Waals surface area contributed by atoms with Crippen LogP contribution in [0, 0.1) is 0 Å². The molecule has 0 bridgehead atoms. The van der Waals surface area contributed by atoms with Crippen molar-refractivity contribution in [1.82, 2.24) is 10.2 Å². The van der Waals surface area contributed by atoms with Gasteiger partial charge in [0.2, 0.25) is 0 Å². The highest BCUT2D eigenvalue weighted by molar-refractivity contribution is 5.19. The molecule has 1 aliphatic heterocycles. The standard InChI is InChI=1S/C17H28N2O/c1-17(2,20-3)10-13-19-12-7-11-18-16(14-19)15-8-5-4-6-9-15/h4-6,8-9,16,18H,7,10-14H2,1-3H3. The molecule has 1 saturated heterocycles. The van der Waals surface area contributed by atoms with Crippen LogP contribution in [0.4, 0.5) is 0 Å². The van der Waals surface area contributed by atoms with Crippen molar-refractivity contribution in [2.45, 2.75) is 38.3 Å². The van der Waals surface area contributed by atoms with Gasteiger partial charge in [0, 0.05) is 26.2 Å². The van der Waals surface area contributed by atoms with E-state index in [1.807, 2.05) is 0 Å². The molecule has 1 fully saturated rings. The van der Waals surface area contributed by atoms with Crippen LogP contribution in [0.15, 0.2) is 30.3 Å². The zero-order valence-corrected chi connectivity index (χ0v) is 13.1. The molecule has 112 valence electrons. The summed E-state index contributed by atoms with van der Waals surface area (Å²) < 4.78 is 5.53. The third kappa shape index (κ3) is 4.58. The maximum Gasteiger partial charge on any atom is 0.0634 e. The van der Waals surface area contributed by atoms with Crippen molar-refractivity contribution in [3.63, 3.8) is 0 Å². The van der Waals surface area contributed by atoms with E-state index in [0.717, 1.165) is 26.1 Å². The second kappa shape index (κ2) is 7.21. The maximum absolute atomic E-state index is 5.53. The Labute approximate surface area is 123 Å². The van der Waals surface area contributed by atoms with Gasteiger partial charge in [0.1, 0.15) is 0 Å². The number of rotatable bonds is 5. The van der Waals surface area contributed by atoms with Gasteiger partial charge in [0.05, 0.1) is 5.60 Å². The molecule has 0 aliphatic carbocycles. The largest absolute Gasteiger partial charge is 0.379 e. The average Bonchev–Trinajstić information content (AvgIpc) is 2.72. The Balaban J connectivity index is 1.94. The van der Waals surface area contributed by atoms with E-state index in [9.17, 15) is 0 Å². The van der Waals surface area contributed by atoms with Crippen LogP contribution in [0.2, 0.25) is 0 Å². The number of nitrogens with one attached hydrogen (secondary N) is 1. The van der Waals surface area contributed by atoms with Crippen LogP contribution in [0.5, 0.6) is 0 Å². The summed E-state index contributed by atoms with van der Waals surface area (Å²) in [4.78, 5) is 2.57. The molecule has 1 aromatic rings. The Bertz CT molecular complexity index is 391. The third-order valence-electron chi connectivity index (χ3n) is 4.27. The van der Waals surface area contributed by atoms with Gasteiger partial charge in [-0.3, -0.25) is 0 Å². The average molecular weight is 276 g/mol. The normalized spacial score (nSPS) is 21.6. The summed E-state index contributed by atoms with van der Waals surface area (Å²) in [5.74, 6) is 0. The summed E-state index contributed by atoms with van der Waals surface area (Å²) in [6.07, 6.45) is 2.29. The molecule has 0 spiro atoms. The van der Waals surface area contributed by atoms with E-state index in [1.54, 1.807) is 7.11 Å².